The van der Waals surface area contributed by atoms with Gasteiger partial charge in [0.05, 0.1) is 36.0 Å². The number of halogens is 1. The molecule has 0 amide bonds. The topological polar surface area (TPSA) is 58.9 Å². The molecule has 1 saturated heterocycles. The highest BCUT2D eigenvalue weighted by Crippen LogP contribution is 2.38. The summed E-state index contributed by atoms with van der Waals surface area (Å²) in [6, 6.07) is 5.67. The van der Waals surface area contributed by atoms with Crippen LogP contribution in [0.3, 0.4) is 0 Å². The number of hydrogen-bond donors (Lipinski definition) is 2. The summed E-state index contributed by atoms with van der Waals surface area (Å²) in [5.74, 6) is 1.44. The summed E-state index contributed by atoms with van der Waals surface area (Å²) in [7, 11) is 0. The van der Waals surface area contributed by atoms with Gasteiger partial charge in [0.2, 0.25) is 0 Å². The molecule has 5 unspecified atom stereocenters. The standard InChI is InChI=1S/C19H27ClO4/c1-2-12-3-5-15(7-12)23-19-8-13(4-6-17(19)20)18-10-14(22)9-16(11-21)24-18/h4,6,8,12,14-16,18,21-22H,2-3,5,7,9-11H2,1H3. The maximum absolute atomic E-state index is 10.0. The number of aliphatic hydroxyl groups excluding tert-OH is 2. The van der Waals surface area contributed by atoms with Crippen LogP contribution in [-0.2, 0) is 4.74 Å². The number of rotatable bonds is 5. The SMILES string of the molecule is CCC1CCC(Oc2cc(C3CC(O)CC(CO)O3)ccc2Cl)C1. The molecule has 5 atom stereocenters. The van der Waals surface area contributed by atoms with Crippen LogP contribution in [0.25, 0.3) is 0 Å². The Morgan fingerprint density at radius 2 is 2.08 bits per heavy atom. The second-order valence-electron chi connectivity index (χ2n) is 7.07. The van der Waals surface area contributed by atoms with Crippen molar-refractivity contribution in [3.8, 4) is 5.75 Å². The Kier molecular flexibility index (Phi) is 6.03. The van der Waals surface area contributed by atoms with E-state index in [0.29, 0.717) is 23.6 Å². The van der Waals surface area contributed by atoms with Crippen LogP contribution in [0.5, 0.6) is 5.75 Å². The molecule has 0 bridgehead atoms. The Hall–Kier alpha value is -0.810. The van der Waals surface area contributed by atoms with E-state index in [9.17, 15) is 10.2 Å². The average Bonchev–Trinajstić information content (AvgIpc) is 3.04. The second-order valence-corrected chi connectivity index (χ2v) is 7.48. The summed E-state index contributed by atoms with van der Waals surface area (Å²) in [4.78, 5) is 0. The van der Waals surface area contributed by atoms with E-state index in [-0.39, 0.29) is 24.9 Å². The molecule has 3 rings (SSSR count). The minimum absolute atomic E-state index is 0.0784. The van der Waals surface area contributed by atoms with Crippen LogP contribution in [0.4, 0.5) is 0 Å². The first-order chi connectivity index (χ1) is 11.6. The van der Waals surface area contributed by atoms with Crippen LogP contribution >= 0.6 is 11.6 Å². The molecule has 134 valence electrons. The van der Waals surface area contributed by atoms with Crippen molar-refractivity contribution in [2.75, 3.05) is 6.61 Å². The third-order valence-electron chi connectivity index (χ3n) is 5.27. The van der Waals surface area contributed by atoms with Gasteiger partial charge in [-0.25, -0.2) is 0 Å². The van der Waals surface area contributed by atoms with Gasteiger partial charge in [-0.2, -0.15) is 0 Å². The van der Waals surface area contributed by atoms with Gasteiger partial charge >= 0.3 is 0 Å². The largest absolute Gasteiger partial charge is 0.489 e. The monoisotopic (exact) mass is 354 g/mol. The van der Waals surface area contributed by atoms with Crippen LogP contribution in [0.1, 0.15) is 57.1 Å². The van der Waals surface area contributed by atoms with Gasteiger partial charge in [-0.05, 0) is 42.9 Å². The van der Waals surface area contributed by atoms with E-state index >= 15 is 0 Å². The zero-order valence-corrected chi connectivity index (χ0v) is 14.9. The molecule has 1 aromatic carbocycles. The quantitative estimate of drug-likeness (QED) is 0.842. The Morgan fingerprint density at radius 1 is 1.25 bits per heavy atom. The van der Waals surface area contributed by atoms with Gasteiger partial charge < -0.3 is 19.7 Å². The molecular weight excluding hydrogens is 328 g/mol. The maximum atomic E-state index is 10.0. The molecule has 0 radical (unpaired) electrons. The molecule has 4 nitrogen and oxygen atoms in total. The van der Waals surface area contributed by atoms with Gasteiger partial charge in [-0.1, -0.05) is 31.0 Å². The molecular formula is C19H27ClO4. The minimum atomic E-state index is -0.457. The third-order valence-corrected chi connectivity index (χ3v) is 5.58. The molecule has 1 aromatic rings. The number of hydrogen-bond acceptors (Lipinski definition) is 4. The Morgan fingerprint density at radius 3 is 2.79 bits per heavy atom. The van der Waals surface area contributed by atoms with E-state index in [2.05, 4.69) is 6.92 Å². The first-order valence-electron chi connectivity index (χ1n) is 8.99. The first-order valence-corrected chi connectivity index (χ1v) is 9.37. The second kappa shape index (κ2) is 8.05. The molecule has 0 spiro atoms. The van der Waals surface area contributed by atoms with Crippen LogP contribution in [0.2, 0.25) is 5.02 Å². The van der Waals surface area contributed by atoms with Crippen molar-refractivity contribution in [1.29, 1.82) is 0 Å². The molecule has 0 aromatic heterocycles. The van der Waals surface area contributed by atoms with Gasteiger partial charge in [0.15, 0.2) is 0 Å². The van der Waals surface area contributed by atoms with Gasteiger partial charge in [0.25, 0.3) is 0 Å². The fraction of sp³-hybridized carbons (Fsp3) is 0.684. The van der Waals surface area contributed by atoms with Crippen LogP contribution < -0.4 is 4.74 Å². The normalized spacial score (nSPS) is 33.6. The highest BCUT2D eigenvalue weighted by Gasteiger charge is 2.30. The van der Waals surface area contributed by atoms with Crippen LogP contribution in [0.15, 0.2) is 18.2 Å². The number of aliphatic hydroxyl groups is 2. The predicted octanol–water partition coefficient (Wildman–Crippen LogP) is 3.87. The summed E-state index contributed by atoms with van der Waals surface area (Å²) in [6.07, 6.45) is 4.79. The highest BCUT2D eigenvalue weighted by atomic mass is 35.5. The Bertz CT molecular complexity index is 550. The number of benzene rings is 1. The third kappa shape index (κ3) is 4.23. The van der Waals surface area contributed by atoms with Crippen molar-refractivity contribution in [2.45, 2.75) is 69.9 Å². The van der Waals surface area contributed by atoms with Crippen LogP contribution in [-0.4, -0.2) is 35.1 Å². The average molecular weight is 355 g/mol. The summed E-state index contributed by atoms with van der Waals surface area (Å²) >= 11 is 6.31. The van der Waals surface area contributed by atoms with E-state index in [1.807, 2.05) is 18.2 Å². The highest BCUT2D eigenvalue weighted by molar-refractivity contribution is 6.32. The van der Waals surface area contributed by atoms with Crippen molar-refractivity contribution < 1.29 is 19.7 Å². The van der Waals surface area contributed by atoms with Crippen molar-refractivity contribution in [3.05, 3.63) is 28.8 Å². The molecule has 2 N–H and O–H groups in total. The van der Waals surface area contributed by atoms with Crippen molar-refractivity contribution in [2.24, 2.45) is 5.92 Å². The first kappa shape index (κ1) is 18.0. The Balaban J connectivity index is 1.71. The lowest BCUT2D eigenvalue weighted by molar-refractivity contribution is -0.113. The molecule has 1 saturated carbocycles. The fourth-order valence-corrected chi connectivity index (χ4v) is 3.98. The van der Waals surface area contributed by atoms with Gasteiger partial charge in [-0.3, -0.25) is 0 Å². The molecule has 2 fully saturated rings. The zero-order chi connectivity index (χ0) is 17.1. The predicted molar refractivity (Wildman–Crippen MR) is 93.4 cm³/mol. The molecule has 24 heavy (non-hydrogen) atoms. The Labute approximate surface area is 148 Å². The lowest BCUT2D eigenvalue weighted by Crippen LogP contribution is -2.33. The van der Waals surface area contributed by atoms with E-state index < -0.39 is 6.10 Å². The molecule has 1 aliphatic carbocycles. The van der Waals surface area contributed by atoms with Crippen molar-refractivity contribution in [3.63, 3.8) is 0 Å². The van der Waals surface area contributed by atoms with Crippen LogP contribution in [0, 0.1) is 5.92 Å². The minimum Gasteiger partial charge on any atom is -0.489 e. The lowest BCUT2D eigenvalue weighted by Gasteiger charge is -2.32. The summed E-state index contributed by atoms with van der Waals surface area (Å²) in [5, 5.41) is 19.9. The van der Waals surface area contributed by atoms with E-state index in [1.165, 1.54) is 12.8 Å². The zero-order valence-electron chi connectivity index (χ0n) is 14.2. The smallest absolute Gasteiger partial charge is 0.138 e. The van der Waals surface area contributed by atoms with E-state index in [4.69, 9.17) is 21.1 Å². The molecule has 5 heteroatoms. The molecule has 1 heterocycles. The lowest BCUT2D eigenvalue weighted by atomic mass is 9.96. The summed E-state index contributed by atoms with van der Waals surface area (Å²) in [6.45, 7) is 2.15. The van der Waals surface area contributed by atoms with E-state index in [0.717, 1.165) is 24.3 Å². The van der Waals surface area contributed by atoms with Gasteiger partial charge in [0.1, 0.15) is 5.75 Å². The molecule has 1 aliphatic heterocycles. The number of ether oxygens (including phenoxy) is 2. The maximum Gasteiger partial charge on any atom is 0.138 e. The van der Waals surface area contributed by atoms with E-state index in [1.54, 1.807) is 0 Å². The summed E-state index contributed by atoms with van der Waals surface area (Å²) in [5.41, 5.74) is 0.941. The van der Waals surface area contributed by atoms with Crippen molar-refractivity contribution >= 4 is 11.6 Å². The fourth-order valence-electron chi connectivity index (χ4n) is 3.82. The van der Waals surface area contributed by atoms with Gasteiger partial charge in [-0.15, -0.1) is 0 Å². The van der Waals surface area contributed by atoms with Crippen molar-refractivity contribution in [1.82, 2.24) is 0 Å². The summed E-state index contributed by atoms with van der Waals surface area (Å²) < 4.78 is 12.0. The molecule has 2 aliphatic rings. The van der Waals surface area contributed by atoms with Gasteiger partial charge in [0, 0.05) is 12.8 Å².